The lowest BCUT2D eigenvalue weighted by Crippen LogP contribution is -2.39. The maximum Gasteiger partial charge on any atom is 0.316 e. The van der Waals surface area contributed by atoms with Gasteiger partial charge in [-0.3, -0.25) is 9.59 Å². The van der Waals surface area contributed by atoms with Gasteiger partial charge in [-0.25, -0.2) is 4.98 Å². The van der Waals surface area contributed by atoms with Crippen LogP contribution in [-0.4, -0.2) is 35.1 Å². The molecule has 1 aromatic heterocycles. The van der Waals surface area contributed by atoms with E-state index in [2.05, 4.69) is 4.98 Å². The lowest BCUT2D eigenvalue weighted by Gasteiger charge is -2.26. The number of rotatable bonds is 4. The fraction of sp³-hybridized carbons (Fsp3) is 0.316. The van der Waals surface area contributed by atoms with Gasteiger partial charge in [0.2, 0.25) is 0 Å². The van der Waals surface area contributed by atoms with Gasteiger partial charge in [0.1, 0.15) is 11.2 Å². The second-order valence-electron chi connectivity index (χ2n) is 6.55. The van der Waals surface area contributed by atoms with Crippen LogP contribution >= 0.6 is 0 Å². The molecule has 25 heavy (non-hydrogen) atoms. The van der Waals surface area contributed by atoms with Gasteiger partial charge in [-0.2, -0.15) is 0 Å². The molecule has 1 atom stereocenters. The van der Waals surface area contributed by atoms with E-state index >= 15 is 0 Å². The summed E-state index contributed by atoms with van der Waals surface area (Å²) < 4.78 is 0. The Kier molecular flexibility index (Phi) is 4.20. The van der Waals surface area contributed by atoms with Crippen molar-refractivity contribution in [3.05, 3.63) is 58.8 Å². The Morgan fingerprint density at radius 1 is 1.24 bits per heavy atom. The van der Waals surface area contributed by atoms with E-state index in [-0.39, 0.29) is 6.54 Å². The second kappa shape index (κ2) is 6.20. The van der Waals surface area contributed by atoms with Crippen molar-refractivity contribution < 1.29 is 14.7 Å². The first-order valence-electron chi connectivity index (χ1n) is 8.17. The fourth-order valence-electron chi connectivity index (χ4n) is 3.40. The maximum atomic E-state index is 12.1. The topological polar surface area (TPSA) is 96.5 Å². The van der Waals surface area contributed by atoms with Crippen molar-refractivity contribution in [3.63, 3.8) is 0 Å². The van der Waals surface area contributed by atoms with E-state index in [1.54, 1.807) is 6.07 Å². The number of aliphatic carboxylic acids is 1. The molecule has 1 fully saturated rings. The standard InChI is InChI=1S/C19H21N3O3/c1-12-10-15(16(20)23)17(21-13(12)2)22-9-8-19(11-22,18(24)25)14-6-4-3-5-7-14/h3-7,10H,8-9,11H2,1-2H3,(H2,20,23)(H,24,25). The number of carbonyl (C=O) groups is 2. The molecule has 1 saturated heterocycles. The van der Waals surface area contributed by atoms with E-state index in [0.717, 1.165) is 16.8 Å². The Hall–Kier alpha value is -2.89. The third-order valence-electron chi connectivity index (χ3n) is 5.02. The van der Waals surface area contributed by atoms with Gasteiger partial charge in [0.05, 0.1) is 5.56 Å². The van der Waals surface area contributed by atoms with Crippen LogP contribution in [0.3, 0.4) is 0 Å². The monoisotopic (exact) mass is 339 g/mol. The first-order chi connectivity index (χ1) is 11.8. The number of nitrogens with zero attached hydrogens (tertiary/aromatic N) is 2. The number of anilines is 1. The first kappa shape index (κ1) is 17.0. The molecule has 0 bridgehead atoms. The average Bonchev–Trinajstić information content (AvgIpc) is 3.04. The second-order valence-corrected chi connectivity index (χ2v) is 6.55. The Labute approximate surface area is 146 Å². The highest BCUT2D eigenvalue weighted by Crippen LogP contribution is 2.37. The van der Waals surface area contributed by atoms with Crippen molar-refractivity contribution in [1.29, 1.82) is 0 Å². The smallest absolute Gasteiger partial charge is 0.316 e. The van der Waals surface area contributed by atoms with Gasteiger partial charge in [-0.05, 0) is 37.5 Å². The molecule has 2 heterocycles. The lowest BCUT2D eigenvalue weighted by atomic mass is 9.80. The zero-order valence-corrected chi connectivity index (χ0v) is 14.3. The molecule has 3 N–H and O–H groups in total. The Morgan fingerprint density at radius 2 is 1.92 bits per heavy atom. The van der Waals surface area contributed by atoms with Crippen LogP contribution in [0.25, 0.3) is 0 Å². The Morgan fingerprint density at radius 3 is 2.52 bits per heavy atom. The highest BCUT2D eigenvalue weighted by molar-refractivity contribution is 5.98. The molecule has 130 valence electrons. The van der Waals surface area contributed by atoms with Crippen LogP contribution < -0.4 is 10.6 Å². The number of aryl methyl sites for hydroxylation is 2. The van der Waals surface area contributed by atoms with Gasteiger partial charge in [0, 0.05) is 18.8 Å². The van der Waals surface area contributed by atoms with Crippen LogP contribution in [0.1, 0.15) is 33.6 Å². The van der Waals surface area contributed by atoms with E-state index in [4.69, 9.17) is 5.73 Å². The highest BCUT2D eigenvalue weighted by atomic mass is 16.4. The van der Waals surface area contributed by atoms with Crippen LogP contribution in [0.4, 0.5) is 5.82 Å². The first-order valence-corrected chi connectivity index (χ1v) is 8.17. The summed E-state index contributed by atoms with van der Waals surface area (Å²) >= 11 is 0. The predicted octanol–water partition coefficient (Wildman–Crippen LogP) is 2.03. The van der Waals surface area contributed by atoms with Crippen LogP contribution in [0, 0.1) is 13.8 Å². The van der Waals surface area contributed by atoms with Gasteiger partial charge in [0.25, 0.3) is 5.91 Å². The SMILES string of the molecule is Cc1cc(C(N)=O)c(N2CCC(C(=O)O)(c3ccccc3)C2)nc1C. The third-order valence-corrected chi connectivity index (χ3v) is 5.02. The van der Waals surface area contributed by atoms with E-state index in [1.165, 1.54) is 0 Å². The molecule has 6 heteroatoms. The van der Waals surface area contributed by atoms with Crippen LogP contribution in [0.15, 0.2) is 36.4 Å². The van der Waals surface area contributed by atoms with Crippen molar-refractivity contribution in [3.8, 4) is 0 Å². The summed E-state index contributed by atoms with van der Waals surface area (Å²) in [6, 6.07) is 10.9. The van der Waals surface area contributed by atoms with E-state index < -0.39 is 17.3 Å². The number of benzene rings is 1. The molecule has 1 unspecified atom stereocenters. The number of primary amides is 1. The van der Waals surface area contributed by atoms with Gasteiger partial charge in [-0.1, -0.05) is 30.3 Å². The molecule has 6 nitrogen and oxygen atoms in total. The quantitative estimate of drug-likeness (QED) is 0.888. The number of carbonyl (C=O) groups excluding carboxylic acids is 1. The Bertz CT molecular complexity index is 835. The summed E-state index contributed by atoms with van der Waals surface area (Å²) in [5.41, 5.74) is 7.27. The number of aromatic nitrogens is 1. The number of carboxylic acid groups (broad SMARTS) is 1. The number of nitrogens with two attached hydrogens (primary N) is 1. The molecule has 1 amide bonds. The zero-order chi connectivity index (χ0) is 18.2. The lowest BCUT2D eigenvalue weighted by molar-refractivity contribution is -0.143. The van der Waals surface area contributed by atoms with Crippen LogP contribution in [0.5, 0.6) is 0 Å². The molecule has 1 aromatic carbocycles. The van der Waals surface area contributed by atoms with Gasteiger partial charge < -0.3 is 15.7 Å². The normalized spacial score (nSPS) is 19.8. The molecule has 1 aliphatic heterocycles. The van der Waals surface area contributed by atoms with Gasteiger partial charge >= 0.3 is 5.97 Å². The minimum atomic E-state index is -1.02. The predicted molar refractivity (Wildman–Crippen MR) is 94.8 cm³/mol. The molecule has 1 aliphatic rings. The van der Waals surface area contributed by atoms with Crippen molar-refractivity contribution >= 4 is 17.7 Å². The van der Waals surface area contributed by atoms with E-state index in [0.29, 0.717) is 24.3 Å². The van der Waals surface area contributed by atoms with Crippen molar-refractivity contribution in [2.75, 3.05) is 18.0 Å². The molecule has 0 radical (unpaired) electrons. The van der Waals surface area contributed by atoms with Crippen molar-refractivity contribution in [2.45, 2.75) is 25.7 Å². The van der Waals surface area contributed by atoms with Crippen molar-refractivity contribution in [1.82, 2.24) is 4.98 Å². The summed E-state index contributed by atoms with van der Waals surface area (Å²) in [4.78, 5) is 30.3. The molecular weight excluding hydrogens is 318 g/mol. The van der Waals surface area contributed by atoms with Crippen LogP contribution in [0.2, 0.25) is 0 Å². The Balaban J connectivity index is 2.04. The summed E-state index contributed by atoms with van der Waals surface area (Å²) in [7, 11) is 0. The van der Waals surface area contributed by atoms with Crippen molar-refractivity contribution in [2.24, 2.45) is 5.73 Å². The molecule has 2 aromatic rings. The fourth-order valence-corrected chi connectivity index (χ4v) is 3.40. The molecule has 0 spiro atoms. The molecular formula is C19H21N3O3. The minimum Gasteiger partial charge on any atom is -0.481 e. The number of carboxylic acids is 1. The summed E-state index contributed by atoms with van der Waals surface area (Å²) in [6.07, 6.45) is 0.444. The average molecular weight is 339 g/mol. The largest absolute Gasteiger partial charge is 0.481 e. The maximum absolute atomic E-state index is 12.1. The van der Waals surface area contributed by atoms with Gasteiger partial charge in [-0.15, -0.1) is 0 Å². The highest BCUT2D eigenvalue weighted by Gasteiger charge is 2.47. The number of hydrogen-bond donors (Lipinski definition) is 2. The van der Waals surface area contributed by atoms with Gasteiger partial charge in [0.15, 0.2) is 0 Å². The molecule has 0 aliphatic carbocycles. The zero-order valence-electron chi connectivity index (χ0n) is 14.3. The summed E-state index contributed by atoms with van der Waals surface area (Å²) in [5, 5.41) is 9.92. The van der Waals surface area contributed by atoms with E-state index in [9.17, 15) is 14.7 Å². The minimum absolute atomic E-state index is 0.252. The number of pyridine rings is 1. The number of hydrogen-bond acceptors (Lipinski definition) is 4. The van der Waals surface area contributed by atoms with E-state index in [1.807, 2.05) is 49.1 Å². The third kappa shape index (κ3) is 2.84. The molecule has 3 rings (SSSR count). The van der Waals surface area contributed by atoms with Crippen LogP contribution in [-0.2, 0) is 10.2 Å². The summed E-state index contributed by atoms with van der Waals surface area (Å²) in [5.74, 6) is -0.960. The summed E-state index contributed by atoms with van der Waals surface area (Å²) in [6.45, 7) is 4.48. The number of amides is 1. The molecule has 0 saturated carbocycles.